The Morgan fingerprint density at radius 2 is 1.70 bits per heavy atom. The highest BCUT2D eigenvalue weighted by molar-refractivity contribution is 5.28. The molecule has 1 fully saturated rings. The summed E-state index contributed by atoms with van der Waals surface area (Å²) in [6.45, 7) is 2.01. The third kappa shape index (κ3) is 3.18. The minimum atomic E-state index is 0.367. The zero-order chi connectivity index (χ0) is 13.6. The Morgan fingerprint density at radius 1 is 1.00 bits per heavy atom. The van der Waals surface area contributed by atoms with Crippen LogP contribution in [0.15, 0.2) is 66.8 Å². The Kier molecular flexibility index (Phi) is 3.97. The number of allylic oxidation sites excluding steroid dienone is 1. The van der Waals surface area contributed by atoms with Crippen LogP contribution in [0.5, 0.6) is 0 Å². The van der Waals surface area contributed by atoms with Crippen LogP contribution < -0.4 is 10.6 Å². The normalized spacial score (nSPS) is 15.3. The van der Waals surface area contributed by atoms with E-state index in [9.17, 15) is 0 Å². The lowest BCUT2D eigenvalue weighted by molar-refractivity contribution is 0.800. The molecule has 0 bridgehead atoms. The second kappa shape index (κ2) is 6.24. The molecular formula is C17H19N3. The van der Waals surface area contributed by atoms with Gasteiger partial charge in [-0.1, -0.05) is 30.3 Å². The molecule has 0 radical (unpaired) electrons. The fraction of sp³-hybridized carbons (Fsp3) is 0.235. The van der Waals surface area contributed by atoms with Gasteiger partial charge >= 0.3 is 0 Å². The van der Waals surface area contributed by atoms with Crippen molar-refractivity contribution < 1.29 is 0 Å². The van der Waals surface area contributed by atoms with Gasteiger partial charge in [0.1, 0.15) is 0 Å². The van der Waals surface area contributed by atoms with E-state index < -0.39 is 0 Å². The number of hydrogen-bond donors (Lipinski definition) is 2. The Bertz CT molecular complexity index is 555. The summed E-state index contributed by atoms with van der Waals surface area (Å²) in [4.78, 5) is 4.09. The Hall–Kier alpha value is -2.29. The third-order valence-corrected chi connectivity index (χ3v) is 3.56. The number of nitrogens with one attached hydrogen (secondary N) is 2. The van der Waals surface area contributed by atoms with Gasteiger partial charge in [-0.25, -0.2) is 0 Å². The molecule has 1 aliphatic rings. The zero-order valence-electron chi connectivity index (χ0n) is 11.4. The maximum atomic E-state index is 4.09. The quantitative estimate of drug-likeness (QED) is 0.891. The molecule has 3 nitrogen and oxygen atoms in total. The second-order valence-electron chi connectivity index (χ2n) is 5.01. The molecule has 0 unspecified atom stereocenters. The summed E-state index contributed by atoms with van der Waals surface area (Å²) in [6.07, 6.45) is 7.00. The van der Waals surface area contributed by atoms with Gasteiger partial charge < -0.3 is 10.6 Å². The van der Waals surface area contributed by atoms with E-state index in [1.807, 2.05) is 12.4 Å². The minimum absolute atomic E-state index is 0.367. The van der Waals surface area contributed by atoms with Crippen molar-refractivity contribution in [1.29, 1.82) is 0 Å². The molecule has 2 N–H and O–H groups in total. The van der Waals surface area contributed by atoms with Gasteiger partial charge in [0.2, 0.25) is 0 Å². The fourth-order valence-corrected chi connectivity index (χ4v) is 2.52. The smallest absolute Gasteiger partial charge is 0.0952 e. The van der Waals surface area contributed by atoms with Crippen LogP contribution in [0.2, 0.25) is 0 Å². The highest BCUT2D eigenvalue weighted by Gasteiger charge is 2.13. The first kappa shape index (κ1) is 12.7. The predicted molar refractivity (Wildman–Crippen MR) is 81.2 cm³/mol. The van der Waals surface area contributed by atoms with Crippen molar-refractivity contribution in [3.63, 3.8) is 0 Å². The average molecular weight is 265 g/mol. The lowest BCUT2D eigenvalue weighted by Gasteiger charge is -2.15. The number of aromatic nitrogens is 1. The van der Waals surface area contributed by atoms with Gasteiger partial charge in [-0.05, 0) is 35.8 Å². The largest absolute Gasteiger partial charge is 0.370 e. The predicted octanol–water partition coefficient (Wildman–Crippen LogP) is 2.44. The summed E-state index contributed by atoms with van der Waals surface area (Å²) >= 11 is 0. The van der Waals surface area contributed by atoms with E-state index >= 15 is 0 Å². The fourth-order valence-electron chi connectivity index (χ4n) is 2.52. The van der Waals surface area contributed by atoms with Crippen molar-refractivity contribution in [1.82, 2.24) is 15.6 Å². The molecule has 3 rings (SSSR count). The van der Waals surface area contributed by atoms with Crippen molar-refractivity contribution in [2.75, 3.05) is 13.1 Å². The van der Waals surface area contributed by atoms with Gasteiger partial charge in [0.25, 0.3) is 0 Å². The number of benzene rings is 1. The SMILES string of the molecule is C(=C1NCCN1)[C@@H](Cc1ccncc1)c1ccccc1. The van der Waals surface area contributed by atoms with Gasteiger partial charge in [-0.3, -0.25) is 4.98 Å². The van der Waals surface area contributed by atoms with E-state index in [1.54, 1.807) is 0 Å². The summed E-state index contributed by atoms with van der Waals surface area (Å²) in [7, 11) is 0. The summed E-state index contributed by atoms with van der Waals surface area (Å²) in [6, 6.07) is 14.8. The highest BCUT2D eigenvalue weighted by Crippen LogP contribution is 2.23. The first-order valence-corrected chi connectivity index (χ1v) is 7.05. The summed E-state index contributed by atoms with van der Waals surface area (Å²) in [5.41, 5.74) is 2.65. The van der Waals surface area contributed by atoms with Gasteiger partial charge in [-0.15, -0.1) is 0 Å². The Morgan fingerprint density at radius 3 is 2.40 bits per heavy atom. The van der Waals surface area contributed by atoms with Crippen molar-refractivity contribution in [3.8, 4) is 0 Å². The molecule has 1 aliphatic heterocycles. The molecule has 0 aliphatic carbocycles. The average Bonchev–Trinajstić information content (AvgIpc) is 3.02. The van der Waals surface area contributed by atoms with Crippen LogP contribution in [-0.2, 0) is 6.42 Å². The van der Waals surface area contributed by atoms with Gasteiger partial charge in [0, 0.05) is 31.4 Å². The van der Waals surface area contributed by atoms with Gasteiger partial charge in [0.15, 0.2) is 0 Å². The molecular weight excluding hydrogens is 246 g/mol. The summed E-state index contributed by atoms with van der Waals surface area (Å²) < 4.78 is 0. The van der Waals surface area contributed by atoms with Crippen molar-refractivity contribution in [2.24, 2.45) is 0 Å². The van der Waals surface area contributed by atoms with Crippen LogP contribution in [0.25, 0.3) is 0 Å². The van der Waals surface area contributed by atoms with Crippen LogP contribution in [-0.4, -0.2) is 18.1 Å². The molecule has 20 heavy (non-hydrogen) atoms. The van der Waals surface area contributed by atoms with Gasteiger partial charge in [0.05, 0.1) is 5.82 Å². The molecule has 1 aromatic heterocycles. The molecule has 3 heteroatoms. The van der Waals surface area contributed by atoms with Crippen LogP contribution in [0, 0.1) is 0 Å². The summed E-state index contributed by atoms with van der Waals surface area (Å²) in [5.74, 6) is 1.51. The topological polar surface area (TPSA) is 37.0 Å². The summed E-state index contributed by atoms with van der Waals surface area (Å²) in [5, 5.41) is 6.76. The number of rotatable bonds is 4. The molecule has 2 aromatic rings. The standard InChI is InChI=1S/C17H19N3/c1-2-4-15(5-3-1)16(13-17-19-10-11-20-17)12-14-6-8-18-9-7-14/h1-9,13,16,19-20H,10-12H2/t16-/m1/s1. The van der Waals surface area contributed by atoms with E-state index in [1.165, 1.54) is 11.1 Å². The zero-order valence-corrected chi connectivity index (χ0v) is 11.4. The van der Waals surface area contributed by atoms with E-state index in [-0.39, 0.29) is 0 Å². The second-order valence-corrected chi connectivity index (χ2v) is 5.01. The van der Waals surface area contributed by atoms with Crippen LogP contribution in [0.1, 0.15) is 17.0 Å². The Balaban J connectivity index is 1.85. The molecule has 1 saturated heterocycles. The first-order chi connectivity index (χ1) is 9.92. The number of pyridine rings is 1. The van der Waals surface area contributed by atoms with Crippen molar-refractivity contribution in [3.05, 3.63) is 77.9 Å². The molecule has 1 aromatic carbocycles. The van der Waals surface area contributed by atoms with E-state index in [4.69, 9.17) is 0 Å². The molecule has 0 spiro atoms. The van der Waals surface area contributed by atoms with Crippen LogP contribution in [0.3, 0.4) is 0 Å². The maximum absolute atomic E-state index is 4.09. The van der Waals surface area contributed by atoms with E-state index in [2.05, 4.69) is 64.2 Å². The van der Waals surface area contributed by atoms with Crippen molar-refractivity contribution >= 4 is 0 Å². The Labute approximate surface area is 119 Å². The molecule has 0 saturated carbocycles. The molecule has 102 valence electrons. The molecule has 2 heterocycles. The first-order valence-electron chi connectivity index (χ1n) is 7.05. The lowest BCUT2D eigenvalue weighted by atomic mass is 9.92. The number of nitrogens with zero attached hydrogens (tertiary/aromatic N) is 1. The van der Waals surface area contributed by atoms with Crippen molar-refractivity contribution in [2.45, 2.75) is 12.3 Å². The third-order valence-electron chi connectivity index (χ3n) is 3.56. The lowest BCUT2D eigenvalue weighted by Crippen LogP contribution is -2.13. The van der Waals surface area contributed by atoms with Crippen LogP contribution in [0.4, 0.5) is 0 Å². The van der Waals surface area contributed by atoms with Crippen LogP contribution >= 0.6 is 0 Å². The van der Waals surface area contributed by atoms with E-state index in [0.717, 1.165) is 25.3 Å². The molecule has 1 atom stereocenters. The van der Waals surface area contributed by atoms with Gasteiger partial charge in [-0.2, -0.15) is 0 Å². The highest BCUT2D eigenvalue weighted by atomic mass is 15.2. The number of hydrogen-bond acceptors (Lipinski definition) is 3. The van der Waals surface area contributed by atoms with E-state index in [0.29, 0.717) is 5.92 Å². The monoisotopic (exact) mass is 265 g/mol. The molecule has 0 amide bonds. The minimum Gasteiger partial charge on any atom is -0.370 e. The maximum Gasteiger partial charge on any atom is 0.0952 e.